The van der Waals surface area contributed by atoms with E-state index in [4.69, 9.17) is 0 Å². The van der Waals surface area contributed by atoms with E-state index in [0.717, 1.165) is 20.5 Å². The highest BCUT2D eigenvalue weighted by atomic mass is 79.9. The molecule has 4 nitrogen and oxygen atoms in total. The molecule has 0 aliphatic heterocycles. The Morgan fingerprint density at radius 2 is 2.15 bits per heavy atom. The van der Waals surface area contributed by atoms with Crippen molar-refractivity contribution in [2.75, 3.05) is 5.32 Å². The van der Waals surface area contributed by atoms with Crippen LogP contribution >= 0.6 is 31.9 Å². The predicted octanol–water partition coefficient (Wildman–Crippen LogP) is 4.43. The summed E-state index contributed by atoms with van der Waals surface area (Å²) in [7, 11) is 0. The van der Waals surface area contributed by atoms with Crippen LogP contribution in [0.5, 0.6) is 0 Å². The number of nitrogens with zero attached hydrogens (tertiary/aromatic N) is 3. The van der Waals surface area contributed by atoms with E-state index in [9.17, 15) is 0 Å². The van der Waals surface area contributed by atoms with Gasteiger partial charge in [-0.3, -0.25) is 0 Å². The fourth-order valence-corrected chi connectivity index (χ4v) is 2.88. The Balaban J connectivity index is 1.94. The smallest absolute Gasteiger partial charge is 0.180 e. The van der Waals surface area contributed by atoms with E-state index in [0.29, 0.717) is 0 Å². The van der Waals surface area contributed by atoms with E-state index in [1.807, 2.05) is 28.9 Å². The zero-order valence-corrected chi connectivity index (χ0v) is 13.9. The molecular formula is C14H12Br2N4. The van der Waals surface area contributed by atoms with Gasteiger partial charge in [-0.1, -0.05) is 28.1 Å². The number of anilines is 1. The first-order valence-corrected chi connectivity index (χ1v) is 7.73. The second kappa shape index (κ2) is 5.54. The number of fused-ring (bicyclic) bond motifs is 1. The van der Waals surface area contributed by atoms with Crippen LogP contribution < -0.4 is 5.32 Å². The molecule has 1 N–H and O–H groups in total. The summed E-state index contributed by atoms with van der Waals surface area (Å²) >= 11 is 6.91. The van der Waals surface area contributed by atoms with Gasteiger partial charge >= 0.3 is 0 Å². The number of hydrogen-bond donors (Lipinski definition) is 1. The van der Waals surface area contributed by atoms with Crippen molar-refractivity contribution >= 4 is 43.3 Å². The molecule has 20 heavy (non-hydrogen) atoms. The molecule has 0 amide bonds. The Morgan fingerprint density at radius 1 is 1.30 bits per heavy atom. The van der Waals surface area contributed by atoms with Crippen LogP contribution in [-0.4, -0.2) is 14.4 Å². The normalized spacial score (nSPS) is 12.6. The third-order valence-electron chi connectivity index (χ3n) is 3.05. The fraction of sp³-hybridized carbons (Fsp3) is 0.143. The molecule has 0 radical (unpaired) electrons. The topological polar surface area (TPSA) is 42.2 Å². The molecule has 1 atom stereocenters. The molecule has 0 aliphatic rings. The maximum atomic E-state index is 4.47. The molecule has 0 aliphatic carbocycles. The number of hydrogen-bond acceptors (Lipinski definition) is 3. The van der Waals surface area contributed by atoms with E-state index < -0.39 is 0 Å². The predicted molar refractivity (Wildman–Crippen MR) is 86.9 cm³/mol. The molecule has 0 fully saturated rings. The first kappa shape index (κ1) is 13.6. The minimum Gasteiger partial charge on any atom is -0.360 e. The molecule has 0 saturated carbocycles. The van der Waals surface area contributed by atoms with Crippen molar-refractivity contribution in [3.8, 4) is 0 Å². The summed E-state index contributed by atoms with van der Waals surface area (Å²) in [6.45, 7) is 2.10. The fourth-order valence-electron chi connectivity index (χ4n) is 2.06. The van der Waals surface area contributed by atoms with Crippen molar-refractivity contribution < 1.29 is 0 Å². The molecule has 1 unspecified atom stereocenters. The molecule has 6 heteroatoms. The molecule has 3 aromatic rings. The number of halogens is 2. The van der Waals surface area contributed by atoms with Gasteiger partial charge in [0.25, 0.3) is 0 Å². The Hall–Kier alpha value is -1.40. The van der Waals surface area contributed by atoms with Gasteiger partial charge in [0.05, 0.1) is 6.04 Å². The van der Waals surface area contributed by atoms with Crippen LogP contribution in [-0.2, 0) is 0 Å². The minimum atomic E-state index is 0.134. The summed E-state index contributed by atoms with van der Waals surface area (Å²) in [5.74, 6) is 0.761. The summed E-state index contributed by atoms with van der Waals surface area (Å²) in [6.07, 6.45) is 5.55. The first-order valence-electron chi connectivity index (χ1n) is 6.15. The Morgan fingerprint density at radius 3 is 2.95 bits per heavy atom. The van der Waals surface area contributed by atoms with Gasteiger partial charge in [0.15, 0.2) is 11.5 Å². The lowest BCUT2D eigenvalue weighted by molar-refractivity contribution is 0.869. The van der Waals surface area contributed by atoms with Gasteiger partial charge in [-0.15, -0.1) is 0 Å². The van der Waals surface area contributed by atoms with Crippen molar-refractivity contribution in [3.63, 3.8) is 0 Å². The number of imidazole rings is 1. The standard InChI is InChI=1S/C14H12Br2N4/c1-9(10-3-2-4-11(15)7-10)18-13-14-17-5-6-20(14)8-12(16)19-13/h2-9H,1H3,(H,18,19). The highest BCUT2D eigenvalue weighted by Gasteiger charge is 2.11. The van der Waals surface area contributed by atoms with E-state index in [1.54, 1.807) is 6.20 Å². The van der Waals surface area contributed by atoms with Crippen LogP contribution in [0.2, 0.25) is 0 Å². The number of aromatic nitrogens is 3. The summed E-state index contributed by atoms with van der Waals surface area (Å²) in [5, 5.41) is 3.41. The van der Waals surface area contributed by atoms with Gasteiger partial charge in [-0.2, -0.15) is 0 Å². The third-order valence-corrected chi connectivity index (χ3v) is 3.92. The van der Waals surface area contributed by atoms with Crippen molar-refractivity contribution in [2.24, 2.45) is 0 Å². The minimum absolute atomic E-state index is 0.134. The average Bonchev–Trinajstić information content (AvgIpc) is 2.86. The van der Waals surface area contributed by atoms with E-state index >= 15 is 0 Å². The summed E-state index contributed by atoms with van der Waals surface area (Å²) in [6, 6.07) is 8.36. The molecule has 0 spiro atoms. The Labute approximate surface area is 133 Å². The second-order valence-electron chi connectivity index (χ2n) is 4.49. The summed E-state index contributed by atoms with van der Waals surface area (Å²) in [4.78, 5) is 8.80. The third kappa shape index (κ3) is 2.71. The molecule has 3 rings (SSSR count). The van der Waals surface area contributed by atoms with E-state index in [-0.39, 0.29) is 6.04 Å². The van der Waals surface area contributed by atoms with E-state index in [1.165, 1.54) is 5.56 Å². The molecule has 0 saturated heterocycles. The zero-order valence-electron chi connectivity index (χ0n) is 10.7. The largest absolute Gasteiger partial charge is 0.360 e. The summed E-state index contributed by atoms with van der Waals surface area (Å²) < 4.78 is 3.77. The molecule has 102 valence electrons. The maximum Gasteiger partial charge on any atom is 0.180 e. The summed E-state index contributed by atoms with van der Waals surface area (Å²) in [5.41, 5.74) is 2.00. The monoisotopic (exact) mass is 394 g/mol. The van der Waals surface area contributed by atoms with Crippen LogP contribution in [0.25, 0.3) is 5.65 Å². The quantitative estimate of drug-likeness (QED) is 0.713. The highest BCUT2D eigenvalue weighted by Crippen LogP contribution is 2.24. The van der Waals surface area contributed by atoms with Gasteiger partial charge in [-0.05, 0) is 40.5 Å². The van der Waals surface area contributed by atoms with Crippen LogP contribution in [0.3, 0.4) is 0 Å². The van der Waals surface area contributed by atoms with Crippen LogP contribution in [0.1, 0.15) is 18.5 Å². The van der Waals surface area contributed by atoms with E-state index in [2.05, 4.69) is 66.2 Å². The van der Waals surface area contributed by atoms with Crippen LogP contribution in [0.15, 0.2) is 51.9 Å². The number of benzene rings is 1. The van der Waals surface area contributed by atoms with Crippen LogP contribution in [0.4, 0.5) is 5.82 Å². The molecule has 0 bridgehead atoms. The first-order chi connectivity index (χ1) is 9.63. The second-order valence-corrected chi connectivity index (χ2v) is 6.22. The Bertz CT molecular complexity index is 754. The van der Waals surface area contributed by atoms with Gasteiger partial charge in [-0.25, -0.2) is 9.97 Å². The maximum absolute atomic E-state index is 4.47. The molecule has 2 aromatic heterocycles. The van der Waals surface area contributed by atoms with Crippen molar-refractivity contribution in [1.82, 2.24) is 14.4 Å². The van der Waals surface area contributed by atoms with Crippen molar-refractivity contribution in [1.29, 1.82) is 0 Å². The highest BCUT2D eigenvalue weighted by molar-refractivity contribution is 9.10. The van der Waals surface area contributed by atoms with Crippen molar-refractivity contribution in [3.05, 3.63) is 57.5 Å². The van der Waals surface area contributed by atoms with Gasteiger partial charge in [0, 0.05) is 23.1 Å². The van der Waals surface area contributed by atoms with Gasteiger partial charge in [0.2, 0.25) is 0 Å². The number of nitrogens with one attached hydrogen (secondary N) is 1. The molecular weight excluding hydrogens is 384 g/mol. The number of rotatable bonds is 3. The average molecular weight is 396 g/mol. The lowest BCUT2D eigenvalue weighted by atomic mass is 10.1. The van der Waals surface area contributed by atoms with Crippen LogP contribution in [0, 0.1) is 0 Å². The zero-order chi connectivity index (χ0) is 14.1. The Kier molecular flexibility index (Phi) is 3.76. The SMILES string of the molecule is CC(Nc1nc(Br)cn2ccnc12)c1cccc(Br)c1. The van der Waals surface area contributed by atoms with Gasteiger partial charge in [0.1, 0.15) is 4.60 Å². The van der Waals surface area contributed by atoms with Crippen molar-refractivity contribution in [2.45, 2.75) is 13.0 Å². The molecule has 1 aromatic carbocycles. The lowest BCUT2D eigenvalue weighted by Crippen LogP contribution is -2.09. The molecule has 2 heterocycles. The van der Waals surface area contributed by atoms with Gasteiger partial charge < -0.3 is 9.72 Å². The lowest BCUT2D eigenvalue weighted by Gasteiger charge is -2.16.